The molecule has 78 valence electrons. The van der Waals surface area contributed by atoms with Crippen LogP contribution in [0.15, 0.2) is 17.2 Å². The van der Waals surface area contributed by atoms with Crippen LogP contribution in [0.5, 0.6) is 0 Å². The molecule has 0 spiro atoms. The summed E-state index contributed by atoms with van der Waals surface area (Å²) in [6, 6.07) is 1.50. The van der Waals surface area contributed by atoms with Gasteiger partial charge >= 0.3 is 0 Å². The van der Waals surface area contributed by atoms with E-state index in [2.05, 4.69) is 4.98 Å². The Morgan fingerprint density at radius 2 is 2.07 bits per heavy atom. The Morgan fingerprint density at radius 1 is 1.50 bits per heavy atom. The van der Waals surface area contributed by atoms with E-state index in [4.69, 9.17) is 5.73 Å². The van der Waals surface area contributed by atoms with Crippen LogP contribution in [0.1, 0.15) is 0 Å². The van der Waals surface area contributed by atoms with E-state index in [1.165, 1.54) is 26.4 Å². The van der Waals surface area contributed by atoms with Gasteiger partial charge in [0.05, 0.1) is 0 Å². The molecule has 0 bridgehead atoms. The zero-order valence-corrected chi connectivity index (χ0v) is 10.7. The third kappa shape index (κ3) is 2.15. The van der Waals surface area contributed by atoms with Crippen molar-refractivity contribution in [2.75, 3.05) is 19.8 Å². The van der Waals surface area contributed by atoms with E-state index in [9.17, 15) is 8.42 Å². The number of anilines is 1. The van der Waals surface area contributed by atoms with Crippen molar-refractivity contribution in [3.63, 3.8) is 0 Å². The highest BCUT2D eigenvalue weighted by molar-refractivity contribution is 14.1. The van der Waals surface area contributed by atoms with Crippen molar-refractivity contribution >= 4 is 38.4 Å². The SMILES string of the molecule is CN(C)S(=O)(=O)c1cc(I)cnc1N. The van der Waals surface area contributed by atoms with Gasteiger partial charge < -0.3 is 5.73 Å². The van der Waals surface area contributed by atoms with E-state index in [0.29, 0.717) is 0 Å². The molecule has 0 fully saturated rings. The van der Waals surface area contributed by atoms with Gasteiger partial charge in [0, 0.05) is 23.9 Å². The Morgan fingerprint density at radius 3 is 2.57 bits per heavy atom. The van der Waals surface area contributed by atoms with E-state index >= 15 is 0 Å². The highest BCUT2D eigenvalue weighted by Crippen LogP contribution is 2.20. The normalized spacial score (nSPS) is 12.0. The molecule has 14 heavy (non-hydrogen) atoms. The van der Waals surface area contributed by atoms with Crippen LogP contribution in [-0.2, 0) is 10.0 Å². The Bertz CT molecular complexity index is 444. The van der Waals surface area contributed by atoms with Gasteiger partial charge in [0.25, 0.3) is 0 Å². The van der Waals surface area contributed by atoms with Crippen LogP contribution in [-0.4, -0.2) is 31.8 Å². The van der Waals surface area contributed by atoms with E-state index in [-0.39, 0.29) is 10.7 Å². The van der Waals surface area contributed by atoms with E-state index in [1.807, 2.05) is 22.6 Å². The first-order valence-corrected chi connectivity index (χ1v) is 6.21. The number of nitrogens with two attached hydrogens (primary N) is 1. The third-order valence-electron chi connectivity index (χ3n) is 1.61. The fraction of sp³-hybridized carbons (Fsp3) is 0.286. The molecule has 0 unspecified atom stereocenters. The first-order valence-electron chi connectivity index (χ1n) is 3.69. The summed E-state index contributed by atoms with van der Waals surface area (Å²) in [6.45, 7) is 0. The molecule has 7 heteroatoms. The van der Waals surface area contributed by atoms with Gasteiger partial charge in [0.2, 0.25) is 10.0 Å². The summed E-state index contributed by atoms with van der Waals surface area (Å²) in [5.74, 6) is 0.0270. The molecule has 1 aromatic rings. The number of nitrogens with zero attached hydrogens (tertiary/aromatic N) is 2. The minimum atomic E-state index is -3.49. The molecule has 0 saturated carbocycles. The Kier molecular flexibility index (Phi) is 3.32. The molecular weight excluding hydrogens is 317 g/mol. The number of nitrogen functional groups attached to an aromatic ring is 1. The number of rotatable bonds is 2. The van der Waals surface area contributed by atoms with Gasteiger partial charge in [-0.2, -0.15) is 0 Å². The Hall–Kier alpha value is -0.410. The van der Waals surface area contributed by atoms with Gasteiger partial charge in [-0.3, -0.25) is 0 Å². The van der Waals surface area contributed by atoms with Crippen molar-refractivity contribution in [1.29, 1.82) is 0 Å². The predicted octanol–water partition coefficient (Wildman–Crippen LogP) is 0.519. The molecule has 1 aromatic heterocycles. The van der Waals surface area contributed by atoms with Gasteiger partial charge in [-0.05, 0) is 28.7 Å². The van der Waals surface area contributed by atoms with Crippen LogP contribution < -0.4 is 5.73 Å². The number of pyridine rings is 1. The van der Waals surface area contributed by atoms with Crippen LogP contribution in [0, 0.1) is 3.57 Å². The van der Waals surface area contributed by atoms with E-state index < -0.39 is 10.0 Å². The van der Waals surface area contributed by atoms with Crippen LogP contribution in [0.3, 0.4) is 0 Å². The van der Waals surface area contributed by atoms with Crippen molar-refractivity contribution in [2.24, 2.45) is 0 Å². The standard InChI is InChI=1S/C7H10IN3O2S/c1-11(2)14(12,13)6-3-5(8)4-10-7(6)9/h3-4H,1-2H3,(H2,9,10). The molecule has 0 aromatic carbocycles. The van der Waals surface area contributed by atoms with Gasteiger partial charge in [-0.25, -0.2) is 17.7 Å². The minimum Gasteiger partial charge on any atom is -0.383 e. The lowest BCUT2D eigenvalue weighted by molar-refractivity contribution is 0.521. The topological polar surface area (TPSA) is 76.3 Å². The van der Waals surface area contributed by atoms with Crippen molar-refractivity contribution in [1.82, 2.24) is 9.29 Å². The van der Waals surface area contributed by atoms with Gasteiger partial charge in [0.1, 0.15) is 10.7 Å². The van der Waals surface area contributed by atoms with E-state index in [0.717, 1.165) is 7.88 Å². The summed E-state index contributed by atoms with van der Waals surface area (Å²) in [7, 11) is -0.583. The van der Waals surface area contributed by atoms with Gasteiger partial charge in [-0.1, -0.05) is 0 Å². The maximum absolute atomic E-state index is 11.7. The molecule has 0 amide bonds. The van der Waals surface area contributed by atoms with Crippen LogP contribution in [0.25, 0.3) is 0 Å². The maximum atomic E-state index is 11.7. The lowest BCUT2D eigenvalue weighted by Crippen LogP contribution is -2.23. The largest absolute Gasteiger partial charge is 0.383 e. The van der Waals surface area contributed by atoms with Crippen molar-refractivity contribution in [2.45, 2.75) is 4.90 Å². The molecule has 0 saturated heterocycles. The smallest absolute Gasteiger partial charge is 0.246 e. The lowest BCUT2D eigenvalue weighted by atomic mass is 10.5. The average Bonchev–Trinajstić information content (AvgIpc) is 2.08. The quantitative estimate of drug-likeness (QED) is 0.804. The number of aromatic nitrogens is 1. The minimum absolute atomic E-state index is 0.0270. The average molecular weight is 327 g/mol. The highest BCUT2D eigenvalue weighted by atomic mass is 127. The summed E-state index contributed by atoms with van der Waals surface area (Å²) in [5, 5.41) is 0. The molecule has 2 N–H and O–H groups in total. The number of hydrogen-bond acceptors (Lipinski definition) is 4. The fourth-order valence-electron chi connectivity index (χ4n) is 0.835. The Balaban J connectivity index is 3.40. The maximum Gasteiger partial charge on any atom is 0.246 e. The zero-order chi connectivity index (χ0) is 10.9. The second kappa shape index (κ2) is 3.99. The second-order valence-corrected chi connectivity index (χ2v) is 6.19. The Labute approximate surface area is 96.5 Å². The number of hydrogen-bond donors (Lipinski definition) is 1. The van der Waals surface area contributed by atoms with Crippen molar-refractivity contribution < 1.29 is 8.42 Å². The van der Waals surface area contributed by atoms with Crippen LogP contribution >= 0.6 is 22.6 Å². The van der Waals surface area contributed by atoms with E-state index in [1.54, 1.807) is 0 Å². The molecule has 0 aliphatic rings. The zero-order valence-electron chi connectivity index (χ0n) is 7.73. The number of sulfonamides is 1. The molecule has 0 aliphatic heterocycles. The summed E-state index contributed by atoms with van der Waals surface area (Å²) in [5.41, 5.74) is 5.49. The predicted molar refractivity (Wildman–Crippen MR) is 62.2 cm³/mol. The molecular formula is C7H10IN3O2S. The summed E-state index contributed by atoms with van der Waals surface area (Å²) in [6.07, 6.45) is 1.52. The fourth-order valence-corrected chi connectivity index (χ4v) is 2.48. The summed E-state index contributed by atoms with van der Waals surface area (Å²) in [4.78, 5) is 3.84. The summed E-state index contributed by atoms with van der Waals surface area (Å²) < 4.78 is 25.3. The molecule has 1 rings (SSSR count). The molecule has 1 heterocycles. The molecule has 0 radical (unpaired) electrons. The summed E-state index contributed by atoms with van der Waals surface area (Å²) >= 11 is 1.98. The highest BCUT2D eigenvalue weighted by Gasteiger charge is 2.21. The molecule has 5 nitrogen and oxygen atoms in total. The van der Waals surface area contributed by atoms with Gasteiger partial charge in [-0.15, -0.1) is 0 Å². The second-order valence-electron chi connectivity index (χ2n) is 2.82. The first kappa shape index (κ1) is 11.7. The van der Waals surface area contributed by atoms with Crippen molar-refractivity contribution in [3.05, 3.63) is 15.8 Å². The van der Waals surface area contributed by atoms with Crippen LogP contribution in [0.4, 0.5) is 5.82 Å². The monoisotopic (exact) mass is 327 g/mol. The molecule has 0 aliphatic carbocycles. The molecule has 0 atom stereocenters. The van der Waals surface area contributed by atoms with Crippen molar-refractivity contribution in [3.8, 4) is 0 Å². The first-order chi connectivity index (χ1) is 6.35. The van der Waals surface area contributed by atoms with Crippen LogP contribution in [0.2, 0.25) is 0 Å². The third-order valence-corrected chi connectivity index (χ3v) is 4.04. The number of halogens is 1. The van der Waals surface area contributed by atoms with Gasteiger partial charge in [0.15, 0.2) is 0 Å². The lowest BCUT2D eigenvalue weighted by Gasteiger charge is -2.12.